The summed E-state index contributed by atoms with van der Waals surface area (Å²) in [4.78, 5) is 77.6. The number of ether oxygens (including phenoxy) is 2. The highest BCUT2D eigenvalue weighted by Gasteiger charge is 2.44. The Morgan fingerprint density at radius 2 is 1.66 bits per heavy atom. The van der Waals surface area contributed by atoms with E-state index >= 15 is 0 Å². The van der Waals surface area contributed by atoms with E-state index in [0.29, 0.717) is 24.9 Å². The number of carboxylic acids is 1. The molecule has 0 spiro atoms. The van der Waals surface area contributed by atoms with Gasteiger partial charge in [0.25, 0.3) is 0 Å². The first kappa shape index (κ1) is 48.8. The number of nitrogens with one attached hydrogen (secondary N) is 2. The first-order valence-electron chi connectivity index (χ1n) is 20.6. The van der Waals surface area contributed by atoms with E-state index in [9.17, 15) is 33.7 Å². The fraction of sp³-hybridized carbons (Fsp3) is 0.732. The van der Waals surface area contributed by atoms with Gasteiger partial charge >= 0.3 is 5.97 Å². The summed E-state index contributed by atoms with van der Waals surface area (Å²) in [7, 11) is 4.28. The molecule has 328 valence electrons. The van der Waals surface area contributed by atoms with Gasteiger partial charge in [0.05, 0.1) is 36.6 Å². The largest absolute Gasteiger partial charge is 0.481 e. The number of nitrogens with zero attached hydrogens (tertiary/aromatic N) is 5. The molecule has 2 aliphatic heterocycles. The topological polar surface area (TPSA) is 194 Å². The number of guanidine groups is 1. The number of amides is 3. The molecule has 3 amide bonds. The Hall–Kier alpha value is -3.56. The summed E-state index contributed by atoms with van der Waals surface area (Å²) in [5.74, 6) is -3.97. The van der Waals surface area contributed by atoms with Crippen LogP contribution < -0.4 is 10.6 Å². The Morgan fingerprint density at radius 1 is 1.02 bits per heavy atom. The SMILES string of the molecule is CC[C@H](C)[C@@H]([C@@H](CC(=O)N1CCC[C@H]1[C@H](OC)[C@@H](C)C(=O)N[C@@H](Cc1ccccc1)P(=O)(O)CC(=O)O)OC)N(C)C(=O)[C@@H](/N=C(/N(C)C)N1CCNCC1)C(C)C. The van der Waals surface area contributed by atoms with E-state index in [1.807, 2.05) is 39.8 Å². The van der Waals surface area contributed by atoms with Crippen LogP contribution >= 0.6 is 7.37 Å². The molecule has 0 saturated carbocycles. The normalized spacial score (nSPS) is 21.0. The van der Waals surface area contributed by atoms with Crippen molar-refractivity contribution in [3.8, 4) is 0 Å². The molecule has 58 heavy (non-hydrogen) atoms. The van der Waals surface area contributed by atoms with Crippen molar-refractivity contribution >= 4 is 37.0 Å². The quantitative estimate of drug-likeness (QED) is 0.0855. The lowest BCUT2D eigenvalue weighted by Crippen LogP contribution is -2.55. The van der Waals surface area contributed by atoms with Crippen molar-refractivity contribution in [2.75, 3.05) is 74.2 Å². The molecule has 16 nitrogen and oxygen atoms in total. The third kappa shape index (κ3) is 13.0. The molecule has 2 heterocycles. The second-order valence-electron chi connectivity index (χ2n) is 16.4. The lowest BCUT2D eigenvalue weighted by molar-refractivity contribution is -0.146. The molecule has 17 heteroatoms. The second-order valence-corrected chi connectivity index (χ2v) is 18.8. The van der Waals surface area contributed by atoms with Gasteiger partial charge in [0, 0.05) is 74.5 Å². The molecule has 0 aromatic heterocycles. The Balaban J connectivity index is 1.84. The zero-order valence-corrected chi connectivity index (χ0v) is 37.2. The third-order valence-electron chi connectivity index (χ3n) is 11.6. The predicted molar refractivity (Wildman–Crippen MR) is 225 cm³/mol. The molecule has 1 aromatic rings. The first-order chi connectivity index (χ1) is 27.4. The summed E-state index contributed by atoms with van der Waals surface area (Å²) in [6, 6.07) is 7.18. The van der Waals surface area contributed by atoms with Crippen molar-refractivity contribution in [2.24, 2.45) is 22.7 Å². The van der Waals surface area contributed by atoms with Crippen LogP contribution in [0.2, 0.25) is 0 Å². The molecule has 3 rings (SSSR count). The van der Waals surface area contributed by atoms with Crippen LogP contribution in [0.5, 0.6) is 0 Å². The molecule has 4 N–H and O–H groups in total. The minimum atomic E-state index is -4.39. The van der Waals surface area contributed by atoms with E-state index in [2.05, 4.69) is 22.5 Å². The summed E-state index contributed by atoms with van der Waals surface area (Å²) in [5.41, 5.74) is 0.660. The van der Waals surface area contributed by atoms with E-state index in [4.69, 9.17) is 14.5 Å². The van der Waals surface area contributed by atoms with Crippen LogP contribution in [0.25, 0.3) is 0 Å². The van der Waals surface area contributed by atoms with Gasteiger partial charge in [-0.2, -0.15) is 0 Å². The molecule has 2 aliphatic rings. The average Bonchev–Trinajstić information content (AvgIpc) is 3.67. The molecule has 0 radical (unpaired) electrons. The van der Waals surface area contributed by atoms with Crippen molar-refractivity contribution in [1.82, 2.24) is 30.2 Å². The van der Waals surface area contributed by atoms with Gasteiger partial charge in [-0.05, 0) is 30.2 Å². The summed E-state index contributed by atoms with van der Waals surface area (Å²) in [5, 5.41) is 15.4. The van der Waals surface area contributed by atoms with E-state index in [-0.39, 0.29) is 36.5 Å². The summed E-state index contributed by atoms with van der Waals surface area (Å²) in [6.45, 7) is 13.4. The Kier molecular flexibility index (Phi) is 19.1. The van der Waals surface area contributed by atoms with Gasteiger partial charge in [-0.15, -0.1) is 0 Å². The number of carbonyl (C=O) groups excluding carboxylic acids is 3. The van der Waals surface area contributed by atoms with Crippen molar-refractivity contribution < 1.29 is 43.2 Å². The van der Waals surface area contributed by atoms with Gasteiger partial charge in [-0.1, -0.05) is 71.4 Å². The molecular formula is C41H70N7O9P. The molecule has 0 bridgehead atoms. The fourth-order valence-corrected chi connectivity index (χ4v) is 9.64. The summed E-state index contributed by atoms with van der Waals surface area (Å²) >= 11 is 0. The Bertz CT molecular complexity index is 1580. The van der Waals surface area contributed by atoms with E-state index in [1.54, 1.807) is 61.2 Å². The number of aliphatic carboxylic acids is 1. The van der Waals surface area contributed by atoms with Gasteiger partial charge in [0.1, 0.15) is 18.0 Å². The highest BCUT2D eigenvalue weighted by atomic mass is 31.2. The van der Waals surface area contributed by atoms with Gasteiger partial charge in [0.15, 0.2) is 5.96 Å². The number of rotatable bonds is 20. The van der Waals surface area contributed by atoms with E-state index in [0.717, 1.165) is 38.6 Å². The number of hydrogen-bond donors (Lipinski definition) is 4. The Labute approximate surface area is 345 Å². The standard InChI is InChI=1S/C41H70N7O9P/c1-11-28(4)37(46(8)40(53)36(27(2)3)44-41(45(6)7)47-22-19-42-20-23-47)32(56-9)25-34(49)48-21-15-18-31(48)38(57-10)29(5)39(52)43-33(58(54,55)26-35(50)51)24-30-16-13-12-14-17-30/h12-14,16-17,27-29,31-33,36-38,42H,11,15,18-26H2,1-10H3,(H,43,52)(H,50,51)(H,54,55)/b44-41-/t28-,29+,31-,32+,33+,36-,37-,38+/m0/s1. The van der Waals surface area contributed by atoms with Crippen LogP contribution in [-0.2, 0) is 39.6 Å². The first-order valence-corrected chi connectivity index (χ1v) is 22.5. The number of aliphatic imine (C=N–C) groups is 1. The highest BCUT2D eigenvalue weighted by Crippen LogP contribution is 2.46. The maximum absolute atomic E-state index is 14.5. The number of likely N-dealkylation sites (N-methyl/N-ethyl adjacent to an activating group) is 1. The number of likely N-dealkylation sites (tertiary alicyclic amines) is 1. The highest BCUT2D eigenvalue weighted by molar-refractivity contribution is 7.59. The smallest absolute Gasteiger partial charge is 0.313 e. The molecule has 1 aromatic carbocycles. The minimum absolute atomic E-state index is 0.0159. The van der Waals surface area contributed by atoms with Crippen LogP contribution in [0.15, 0.2) is 35.3 Å². The van der Waals surface area contributed by atoms with Gasteiger partial charge in [0.2, 0.25) is 25.1 Å². The lowest BCUT2D eigenvalue weighted by Gasteiger charge is -2.40. The molecule has 2 saturated heterocycles. The summed E-state index contributed by atoms with van der Waals surface area (Å²) < 4.78 is 25.3. The molecule has 0 aliphatic carbocycles. The van der Waals surface area contributed by atoms with E-state index < -0.39 is 67.4 Å². The molecule has 2 fully saturated rings. The zero-order chi connectivity index (χ0) is 43.3. The minimum Gasteiger partial charge on any atom is -0.481 e. The monoisotopic (exact) mass is 835 g/mol. The van der Waals surface area contributed by atoms with Gasteiger partial charge in [-0.25, -0.2) is 4.99 Å². The number of piperazine rings is 1. The van der Waals surface area contributed by atoms with Crippen molar-refractivity contribution in [2.45, 2.75) is 103 Å². The van der Waals surface area contributed by atoms with Crippen molar-refractivity contribution in [3.63, 3.8) is 0 Å². The maximum atomic E-state index is 14.5. The lowest BCUT2D eigenvalue weighted by atomic mass is 9.89. The van der Waals surface area contributed by atoms with Crippen LogP contribution in [0, 0.1) is 17.8 Å². The maximum Gasteiger partial charge on any atom is 0.313 e. The van der Waals surface area contributed by atoms with Crippen LogP contribution in [-0.4, -0.2) is 170 Å². The number of hydrogen-bond acceptors (Lipinski definition) is 9. The van der Waals surface area contributed by atoms with Crippen LogP contribution in [0.4, 0.5) is 0 Å². The number of carboxylic acid groups (broad SMARTS) is 1. The van der Waals surface area contributed by atoms with Gasteiger partial charge < -0.3 is 49.7 Å². The number of benzene rings is 1. The van der Waals surface area contributed by atoms with Crippen molar-refractivity contribution in [3.05, 3.63) is 35.9 Å². The Morgan fingerprint density at radius 3 is 2.19 bits per heavy atom. The van der Waals surface area contributed by atoms with Crippen LogP contribution in [0.1, 0.15) is 65.9 Å². The second kappa shape index (κ2) is 22.7. The van der Waals surface area contributed by atoms with Gasteiger partial charge in [-0.3, -0.25) is 23.7 Å². The third-order valence-corrected chi connectivity index (χ3v) is 13.6. The zero-order valence-electron chi connectivity index (χ0n) is 36.3. The fourth-order valence-electron chi connectivity index (χ4n) is 8.20. The molecule has 1 unspecified atom stereocenters. The predicted octanol–water partition coefficient (Wildman–Crippen LogP) is 2.79. The number of methoxy groups -OCH3 is 2. The summed E-state index contributed by atoms with van der Waals surface area (Å²) in [6.07, 6.45) is -0.519. The molecule has 9 atom stereocenters. The van der Waals surface area contributed by atoms with E-state index in [1.165, 1.54) is 7.11 Å². The molecular weight excluding hydrogens is 765 g/mol. The van der Waals surface area contributed by atoms with Crippen molar-refractivity contribution in [1.29, 1.82) is 0 Å². The van der Waals surface area contributed by atoms with Crippen LogP contribution in [0.3, 0.4) is 0 Å². The number of carbonyl (C=O) groups is 4. The average molecular weight is 836 g/mol.